The predicted octanol–water partition coefficient (Wildman–Crippen LogP) is 1.74. The van der Waals surface area contributed by atoms with Gasteiger partial charge in [-0.1, -0.05) is 0 Å². The minimum atomic E-state index is -2.05. The number of rotatable bonds is 3. The van der Waals surface area contributed by atoms with Crippen LogP contribution in [0.1, 0.15) is 24.2 Å². The summed E-state index contributed by atoms with van der Waals surface area (Å²) in [7, 11) is 0. The van der Waals surface area contributed by atoms with E-state index in [0.717, 1.165) is 0 Å². The van der Waals surface area contributed by atoms with Crippen molar-refractivity contribution in [1.29, 1.82) is 0 Å². The number of halogens is 4. The zero-order valence-electron chi connectivity index (χ0n) is 9.65. The van der Waals surface area contributed by atoms with E-state index in [1.54, 1.807) is 0 Å². The molecule has 2 N–H and O–H groups in total. The first-order valence-electron chi connectivity index (χ1n) is 4.97. The molecule has 0 spiro atoms. The molecule has 0 fully saturated rings. The molecule has 0 bridgehead atoms. The maximum Gasteiger partial charge on any atom is 0.254 e. The third-order valence-corrected chi connectivity index (χ3v) is 2.03. The highest BCUT2D eigenvalue weighted by Gasteiger charge is 2.24. The fourth-order valence-corrected chi connectivity index (χ4v) is 1.13. The molecular formula is C11H11F4NO2. The molecule has 0 aliphatic carbocycles. The second-order valence-electron chi connectivity index (χ2n) is 4.34. The molecule has 100 valence electrons. The van der Waals surface area contributed by atoms with Crippen LogP contribution in [0.3, 0.4) is 0 Å². The van der Waals surface area contributed by atoms with Crippen molar-refractivity contribution >= 4 is 5.91 Å². The highest BCUT2D eigenvalue weighted by molar-refractivity contribution is 5.94. The van der Waals surface area contributed by atoms with E-state index in [1.807, 2.05) is 0 Å². The average molecular weight is 265 g/mol. The molecule has 0 radical (unpaired) electrons. The van der Waals surface area contributed by atoms with E-state index in [1.165, 1.54) is 13.8 Å². The molecule has 7 heteroatoms. The predicted molar refractivity (Wildman–Crippen MR) is 54.9 cm³/mol. The molecule has 0 heterocycles. The first-order valence-corrected chi connectivity index (χ1v) is 4.97. The second kappa shape index (κ2) is 4.93. The topological polar surface area (TPSA) is 49.3 Å². The van der Waals surface area contributed by atoms with E-state index in [4.69, 9.17) is 0 Å². The number of hydrogen-bond acceptors (Lipinski definition) is 2. The van der Waals surface area contributed by atoms with Crippen LogP contribution in [-0.4, -0.2) is 23.2 Å². The van der Waals surface area contributed by atoms with Gasteiger partial charge >= 0.3 is 0 Å². The number of amides is 1. The number of aliphatic hydroxyl groups is 1. The molecule has 0 saturated carbocycles. The van der Waals surface area contributed by atoms with Crippen molar-refractivity contribution in [3.05, 3.63) is 34.9 Å². The van der Waals surface area contributed by atoms with Crippen molar-refractivity contribution < 1.29 is 27.5 Å². The summed E-state index contributed by atoms with van der Waals surface area (Å²) in [6, 6.07) is 0.257. The molecule has 0 aliphatic heterocycles. The maximum absolute atomic E-state index is 13.2. The van der Waals surface area contributed by atoms with Crippen LogP contribution in [0.5, 0.6) is 0 Å². The lowest BCUT2D eigenvalue weighted by atomic mass is 10.1. The Hall–Kier alpha value is -1.63. The van der Waals surface area contributed by atoms with Crippen LogP contribution in [0.25, 0.3) is 0 Å². The highest BCUT2D eigenvalue weighted by Crippen LogP contribution is 2.18. The quantitative estimate of drug-likeness (QED) is 0.497. The van der Waals surface area contributed by atoms with Crippen LogP contribution in [0.15, 0.2) is 6.07 Å². The number of benzene rings is 1. The van der Waals surface area contributed by atoms with Gasteiger partial charge in [-0.25, -0.2) is 17.6 Å². The summed E-state index contributed by atoms with van der Waals surface area (Å²) in [4.78, 5) is 11.4. The fraction of sp³-hybridized carbons (Fsp3) is 0.364. The van der Waals surface area contributed by atoms with Gasteiger partial charge < -0.3 is 10.4 Å². The fourth-order valence-electron chi connectivity index (χ4n) is 1.13. The van der Waals surface area contributed by atoms with Gasteiger partial charge in [0.25, 0.3) is 5.91 Å². The van der Waals surface area contributed by atoms with Crippen LogP contribution in [0.4, 0.5) is 17.6 Å². The Bertz CT molecular complexity index is 483. The lowest BCUT2D eigenvalue weighted by Gasteiger charge is -2.17. The molecule has 0 saturated heterocycles. The standard InChI is InChI=1S/C11H11F4NO2/c1-11(2,18)4-16-10(17)5-3-6(12)8(14)9(15)7(5)13/h3,18H,4H2,1-2H3,(H,16,17). The summed E-state index contributed by atoms with van der Waals surface area (Å²) in [5, 5.41) is 11.4. The number of carbonyl (C=O) groups excluding carboxylic acids is 1. The van der Waals surface area contributed by atoms with Crippen LogP contribution in [-0.2, 0) is 0 Å². The van der Waals surface area contributed by atoms with E-state index in [0.29, 0.717) is 0 Å². The molecule has 0 aliphatic rings. The summed E-state index contributed by atoms with van der Waals surface area (Å²) in [5.74, 6) is -8.62. The minimum absolute atomic E-state index is 0.257. The van der Waals surface area contributed by atoms with Gasteiger partial charge in [-0.2, -0.15) is 0 Å². The minimum Gasteiger partial charge on any atom is -0.389 e. The van der Waals surface area contributed by atoms with E-state index < -0.39 is 40.3 Å². The van der Waals surface area contributed by atoms with E-state index in [9.17, 15) is 27.5 Å². The Morgan fingerprint density at radius 2 is 1.78 bits per heavy atom. The summed E-state index contributed by atoms with van der Waals surface area (Å²) in [5.41, 5.74) is -2.24. The molecule has 1 aromatic rings. The third kappa shape index (κ3) is 3.19. The largest absolute Gasteiger partial charge is 0.389 e. The van der Waals surface area contributed by atoms with Crippen LogP contribution in [0, 0.1) is 23.3 Å². The van der Waals surface area contributed by atoms with Gasteiger partial charge in [-0.15, -0.1) is 0 Å². The van der Waals surface area contributed by atoms with Gasteiger partial charge in [-0.05, 0) is 19.9 Å². The monoisotopic (exact) mass is 265 g/mol. The SMILES string of the molecule is CC(C)(O)CNC(=O)c1cc(F)c(F)c(F)c1F. The average Bonchev–Trinajstić information content (AvgIpc) is 2.27. The normalized spacial score (nSPS) is 11.5. The van der Waals surface area contributed by atoms with E-state index in [2.05, 4.69) is 5.32 Å². The Morgan fingerprint density at radius 1 is 1.22 bits per heavy atom. The molecule has 1 rings (SSSR count). The molecule has 0 atom stereocenters. The van der Waals surface area contributed by atoms with E-state index >= 15 is 0 Å². The third-order valence-electron chi connectivity index (χ3n) is 2.03. The van der Waals surface area contributed by atoms with Crippen LogP contribution < -0.4 is 5.32 Å². The Labute approximate surface area is 100 Å². The van der Waals surface area contributed by atoms with Gasteiger partial charge in [0.1, 0.15) is 0 Å². The first-order chi connectivity index (χ1) is 8.13. The van der Waals surface area contributed by atoms with Gasteiger partial charge in [0.15, 0.2) is 23.3 Å². The van der Waals surface area contributed by atoms with Crippen molar-refractivity contribution in [2.24, 2.45) is 0 Å². The zero-order chi connectivity index (χ0) is 14.1. The maximum atomic E-state index is 13.2. The lowest BCUT2D eigenvalue weighted by Crippen LogP contribution is -2.38. The molecule has 3 nitrogen and oxygen atoms in total. The van der Waals surface area contributed by atoms with E-state index in [-0.39, 0.29) is 12.6 Å². The molecule has 1 amide bonds. The van der Waals surface area contributed by atoms with Gasteiger partial charge in [0.2, 0.25) is 0 Å². The highest BCUT2D eigenvalue weighted by atomic mass is 19.2. The van der Waals surface area contributed by atoms with Crippen molar-refractivity contribution in [2.75, 3.05) is 6.54 Å². The van der Waals surface area contributed by atoms with Crippen molar-refractivity contribution in [3.63, 3.8) is 0 Å². The molecule has 0 unspecified atom stereocenters. The van der Waals surface area contributed by atoms with Crippen molar-refractivity contribution in [3.8, 4) is 0 Å². The zero-order valence-corrected chi connectivity index (χ0v) is 9.65. The van der Waals surface area contributed by atoms with Gasteiger partial charge in [-0.3, -0.25) is 4.79 Å². The molecule has 0 aromatic heterocycles. The second-order valence-corrected chi connectivity index (χ2v) is 4.34. The number of carbonyl (C=O) groups is 1. The van der Waals surface area contributed by atoms with Crippen molar-refractivity contribution in [2.45, 2.75) is 19.4 Å². The summed E-state index contributed by atoms with van der Waals surface area (Å²) in [6.07, 6.45) is 0. The summed E-state index contributed by atoms with van der Waals surface area (Å²) >= 11 is 0. The van der Waals surface area contributed by atoms with Gasteiger partial charge in [0.05, 0.1) is 11.2 Å². The van der Waals surface area contributed by atoms with Crippen molar-refractivity contribution in [1.82, 2.24) is 5.32 Å². The van der Waals surface area contributed by atoms with Gasteiger partial charge in [0, 0.05) is 6.54 Å². The summed E-state index contributed by atoms with van der Waals surface area (Å²) in [6.45, 7) is 2.48. The first kappa shape index (κ1) is 14.4. The van der Waals surface area contributed by atoms with Crippen LogP contribution in [0.2, 0.25) is 0 Å². The molecule has 18 heavy (non-hydrogen) atoms. The Balaban J connectivity index is 3.01. The lowest BCUT2D eigenvalue weighted by molar-refractivity contribution is 0.0691. The molecule has 1 aromatic carbocycles. The smallest absolute Gasteiger partial charge is 0.254 e. The molecular weight excluding hydrogens is 254 g/mol. The van der Waals surface area contributed by atoms with Crippen LogP contribution >= 0.6 is 0 Å². The number of hydrogen-bond donors (Lipinski definition) is 2. The Kier molecular flexibility index (Phi) is 3.95. The number of nitrogens with one attached hydrogen (secondary N) is 1. The summed E-state index contributed by atoms with van der Waals surface area (Å²) < 4.78 is 51.6. The Morgan fingerprint density at radius 3 is 2.28 bits per heavy atom.